The monoisotopic (exact) mass is 282 g/mol. The molecule has 0 saturated heterocycles. The largest absolute Gasteiger partial charge is 0.352 e. The molecule has 6 heteroatoms. The molecular weight excluding hydrogens is 270 g/mol. The molecule has 1 heterocycles. The van der Waals surface area contributed by atoms with Crippen molar-refractivity contribution in [3.8, 4) is 0 Å². The summed E-state index contributed by atoms with van der Waals surface area (Å²) in [4.78, 5) is 15.9. The number of amides is 1. The average molecular weight is 282 g/mol. The van der Waals surface area contributed by atoms with Crippen molar-refractivity contribution in [2.24, 2.45) is 0 Å². The van der Waals surface area contributed by atoms with Crippen LogP contribution in [-0.2, 0) is 6.42 Å². The molecule has 0 radical (unpaired) electrons. The number of halogens is 2. The molecular formula is C13H12F2N2OS. The second kappa shape index (κ2) is 5.88. The number of hydrogen-bond donors (Lipinski definition) is 1. The van der Waals surface area contributed by atoms with Crippen LogP contribution in [0.2, 0.25) is 0 Å². The van der Waals surface area contributed by atoms with Crippen molar-refractivity contribution in [2.45, 2.75) is 13.3 Å². The van der Waals surface area contributed by atoms with E-state index in [-0.39, 0.29) is 5.56 Å². The van der Waals surface area contributed by atoms with Crippen molar-refractivity contribution >= 4 is 17.2 Å². The molecule has 0 spiro atoms. The Balaban J connectivity index is 1.89. The highest BCUT2D eigenvalue weighted by molar-refractivity contribution is 7.09. The summed E-state index contributed by atoms with van der Waals surface area (Å²) in [6.07, 6.45) is 0.619. The lowest BCUT2D eigenvalue weighted by atomic mass is 10.2. The maximum Gasteiger partial charge on any atom is 0.251 e. The summed E-state index contributed by atoms with van der Waals surface area (Å²) in [5, 5.41) is 5.51. The molecule has 1 aromatic carbocycles. The molecule has 0 aliphatic carbocycles. The molecule has 19 heavy (non-hydrogen) atoms. The van der Waals surface area contributed by atoms with Gasteiger partial charge in [-0.15, -0.1) is 11.3 Å². The highest BCUT2D eigenvalue weighted by Gasteiger charge is 2.09. The summed E-state index contributed by atoms with van der Waals surface area (Å²) in [6.45, 7) is 2.31. The molecule has 1 aromatic heterocycles. The van der Waals surface area contributed by atoms with Gasteiger partial charge in [-0.1, -0.05) is 0 Å². The smallest absolute Gasteiger partial charge is 0.251 e. The fraction of sp³-hybridized carbons (Fsp3) is 0.231. The molecule has 0 saturated carbocycles. The van der Waals surface area contributed by atoms with Crippen molar-refractivity contribution < 1.29 is 13.6 Å². The van der Waals surface area contributed by atoms with Gasteiger partial charge in [0.2, 0.25) is 0 Å². The first kappa shape index (κ1) is 13.6. The molecule has 2 rings (SSSR count). The zero-order valence-electron chi connectivity index (χ0n) is 10.2. The standard InChI is InChI=1S/C13H12F2N2OS/c1-8-7-19-12(17-8)4-5-16-13(18)9-2-3-10(14)11(15)6-9/h2-3,6-7H,4-5H2,1H3,(H,16,18). The van der Waals surface area contributed by atoms with E-state index in [0.29, 0.717) is 13.0 Å². The molecule has 0 atom stereocenters. The van der Waals surface area contributed by atoms with E-state index < -0.39 is 17.5 Å². The van der Waals surface area contributed by atoms with E-state index in [4.69, 9.17) is 0 Å². The number of aromatic nitrogens is 1. The molecule has 1 amide bonds. The predicted octanol–water partition coefficient (Wildman–Crippen LogP) is 2.70. The lowest BCUT2D eigenvalue weighted by molar-refractivity contribution is 0.0953. The molecule has 0 fully saturated rings. The molecule has 0 bridgehead atoms. The van der Waals surface area contributed by atoms with E-state index in [1.54, 1.807) is 0 Å². The number of aryl methyl sites for hydroxylation is 1. The highest BCUT2D eigenvalue weighted by atomic mass is 32.1. The second-order valence-electron chi connectivity index (χ2n) is 4.02. The van der Waals surface area contributed by atoms with E-state index in [9.17, 15) is 13.6 Å². The van der Waals surface area contributed by atoms with Crippen LogP contribution in [0.25, 0.3) is 0 Å². The number of hydrogen-bond acceptors (Lipinski definition) is 3. The first-order valence-corrected chi connectivity index (χ1v) is 6.58. The van der Waals surface area contributed by atoms with E-state index in [1.807, 2.05) is 12.3 Å². The Morgan fingerprint density at radius 2 is 2.16 bits per heavy atom. The van der Waals surface area contributed by atoms with Crippen LogP contribution in [0.3, 0.4) is 0 Å². The van der Waals surface area contributed by atoms with E-state index in [0.717, 1.165) is 22.8 Å². The van der Waals surface area contributed by atoms with Gasteiger partial charge in [0.15, 0.2) is 11.6 Å². The number of nitrogens with zero attached hydrogens (tertiary/aromatic N) is 1. The lowest BCUT2D eigenvalue weighted by Gasteiger charge is -2.04. The van der Waals surface area contributed by atoms with Gasteiger partial charge in [0, 0.05) is 29.6 Å². The predicted molar refractivity (Wildman–Crippen MR) is 69.2 cm³/mol. The maximum absolute atomic E-state index is 13.0. The van der Waals surface area contributed by atoms with Crippen LogP contribution < -0.4 is 5.32 Å². The van der Waals surface area contributed by atoms with Gasteiger partial charge in [-0.3, -0.25) is 4.79 Å². The number of carbonyl (C=O) groups excluding carboxylic acids is 1. The number of carbonyl (C=O) groups is 1. The van der Waals surface area contributed by atoms with Crippen LogP contribution in [0.5, 0.6) is 0 Å². The zero-order chi connectivity index (χ0) is 13.8. The summed E-state index contributed by atoms with van der Waals surface area (Å²) in [7, 11) is 0. The van der Waals surface area contributed by atoms with E-state index in [1.165, 1.54) is 17.4 Å². The van der Waals surface area contributed by atoms with Crippen LogP contribution in [0.1, 0.15) is 21.1 Å². The number of rotatable bonds is 4. The third-order valence-electron chi connectivity index (χ3n) is 2.47. The van der Waals surface area contributed by atoms with Gasteiger partial charge in [0.25, 0.3) is 5.91 Å². The van der Waals surface area contributed by atoms with Crippen molar-refractivity contribution in [2.75, 3.05) is 6.54 Å². The summed E-state index contributed by atoms with van der Waals surface area (Å²) in [5.41, 5.74) is 1.06. The molecule has 0 unspecified atom stereocenters. The van der Waals surface area contributed by atoms with Crippen LogP contribution in [0, 0.1) is 18.6 Å². The minimum atomic E-state index is -1.02. The first-order chi connectivity index (χ1) is 9.06. The summed E-state index contributed by atoms with van der Waals surface area (Å²) in [6, 6.07) is 3.08. The van der Waals surface area contributed by atoms with Crippen LogP contribution >= 0.6 is 11.3 Å². The Labute approximate surface area is 113 Å². The Bertz CT molecular complexity index is 598. The van der Waals surface area contributed by atoms with Gasteiger partial charge in [-0.25, -0.2) is 13.8 Å². The number of nitrogens with one attached hydrogen (secondary N) is 1. The summed E-state index contributed by atoms with van der Waals surface area (Å²) in [5.74, 6) is -2.41. The number of thiazole rings is 1. The Hall–Kier alpha value is -1.82. The van der Waals surface area contributed by atoms with Gasteiger partial charge in [0.1, 0.15) is 0 Å². The number of benzene rings is 1. The molecule has 3 nitrogen and oxygen atoms in total. The zero-order valence-corrected chi connectivity index (χ0v) is 11.1. The summed E-state index contributed by atoms with van der Waals surface area (Å²) >= 11 is 1.53. The topological polar surface area (TPSA) is 42.0 Å². The van der Waals surface area contributed by atoms with E-state index >= 15 is 0 Å². The fourth-order valence-corrected chi connectivity index (χ4v) is 2.32. The minimum absolute atomic E-state index is 0.106. The fourth-order valence-electron chi connectivity index (χ4n) is 1.54. The third-order valence-corrected chi connectivity index (χ3v) is 3.50. The molecule has 1 N–H and O–H groups in total. The molecule has 100 valence electrons. The SMILES string of the molecule is Cc1csc(CCNC(=O)c2ccc(F)c(F)c2)n1. The van der Waals surface area contributed by atoms with Crippen LogP contribution in [0.15, 0.2) is 23.6 Å². The second-order valence-corrected chi connectivity index (χ2v) is 4.96. The van der Waals surface area contributed by atoms with Crippen LogP contribution in [-0.4, -0.2) is 17.4 Å². The van der Waals surface area contributed by atoms with Crippen molar-refractivity contribution in [3.63, 3.8) is 0 Å². The third kappa shape index (κ3) is 3.57. The Morgan fingerprint density at radius 1 is 1.37 bits per heavy atom. The molecule has 2 aromatic rings. The van der Waals surface area contributed by atoms with Crippen molar-refractivity contribution in [1.29, 1.82) is 0 Å². The van der Waals surface area contributed by atoms with Gasteiger partial charge in [-0.2, -0.15) is 0 Å². The minimum Gasteiger partial charge on any atom is -0.352 e. The maximum atomic E-state index is 13.0. The average Bonchev–Trinajstić information content (AvgIpc) is 2.78. The normalized spacial score (nSPS) is 10.5. The summed E-state index contributed by atoms with van der Waals surface area (Å²) < 4.78 is 25.7. The van der Waals surface area contributed by atoms with Gasteiger partial charge < -0.3 is 5.32 Å². The van der Waals surface area contributed by atoms with Crippen molar-refractivity contribution in [1.82, 2.24) is 10.3 Å². The van der Waals surface area contributed by atoms with Gasteiger partial charge >= 0.3 is 0 Å². The Kier molecular flexibility index (Phi) is 4.21. The quantitative estimate of drug-likeness (QED) is 0.937. The van der Waals surface area contributed by atoms with Gasteiger partial charge in [-0.05, 0) is 25.1 Å². The first-order valence-electron chi connectivity index (χ1n) is 5.70. The lowest BCUT2D eigenvalue weighted by Crippen LogP contribution is -2.25. The highest BCUT2D eigenvalue weighted by Crippen LogP contribution is 2.10. The van der Waals surface area contributed by atoms with Crippen molar-refractivity contribution in [3.05, 3.63) is 51.5 Å². The van der Waals surface area contributed by atoms with E-state index in [2.05, 4.69) is 10.3 Å². The van der Waals surface area contributed by atoms with Crippen LogP contribution in [0.4, 0.5) is 8.78 Å². The molecule has 0 aliphatic rings. The molecule has 0 aliphatic heterocycles. The van der Waals surface area contributed by atoms with Gasteiger partial charge in [0.05, 0.1) is 5.01 Å². The Morgan fingerprint density at radius 3 is 2.79 bits per heavy atom.